The molecule has 0 aliphatic rings. The fourth-order valence-electron chi connectivity index (χ4n) is 2.00. The van der Waals surface area contributed by atoms with Crippen LogP contribution in [-0.2, 0) is 11.2 Å². The van der Waals surface area contributed by atoms with E-state index in [4.69, 9.17) is 10.2 Å². The molecule has 2 aromatic heterocycles. The van der Waals surface area contributed by atoms with E-state index in [0.717, 1.165) is 5.76 Å². The van der Waals surface area contributed by atoms with Crippen LogP contribution >= 0.6 is 0 Å². The molecule has 0 saturated carbocycles. The summed E-state index contributed by atoms with van der Waals surface area (Å²) in [7, 11) is 3.89. The number of nitrogens with two attached hydrogens (primary N) is 1. The summed E-state index contributed by atoms with van der Waals surface area (Å²) in [6.07, 6.45) is 3.42. The van der Waals surface area contributed by atoms with E-state index < -0.39 is 0 Å². The highest BCUT2D eigenvalue weighted by molar-refractivity contribution is 5.78. The Labute approximate surface area is 124 Å². The van der Waals surface area contributed by atoms with E-state index in [9.17, 15) is 4.79 Å². The molecular formula is C15H20N4O2. The fourth-order valence-corrected chi connectivity index (χ4v) is 2.00. The third-order valence-electron chi connectivity index (χ3n) is 3.18. The molecule has 2 aromatic rings. The van der Waals surface area contributed by atoms with Crippen molar-refractivity contribution in [2.75, 3.05) is 26.4 Å². The van der Waals surface area contributed by atoms with Gasteiger partial charge in [-0.3, -0.25) is 14.7 Å². The predicted octanol–water partition coefficient (Wildman–Crippen LogP) is 1.22. The van der Waals surface area contributed by atoms with Crippen LogP contribution in [0, 0.1) is 0 Å². The van der Waals surface area contributed by atoms with Gasteiger partial charge in [-0.25, -0.2) is 0 Å². The first kappa shape index (κ1) is 15.1. The molecule has 0 aromatic carbocycles. The van der Waals surface area contributed by atoms with Gasteiger partial charge in [0.25, 0.3) is 0 Å². The standard InChI is InChI=1S/C15H20N4O2/c1-19(2)13(14-4-3-7-21-14)10-18-15(20)8-12-6-5-11(16)9-17-12/h3-7,9,13H,8,10,16H2,1-2H3,(H,18,20). The SMILES string of the molecule is CN(C)C(CNC(=O)Cc1ccc(N)cn1)c1ccco1. The van der Waals surface area contributed by atoms with Crippen molar-refractivity contribution in [3.8, 4) is 0 Å². The Morgan fingerprint density at radius 1 is 1.43 bits per heavy atom. The normalized spacial score (nSPS) is 12.3. The number of aromatic nitrogens is 1. The summed E-state index contributed by atoms with van der Waals surface area (Å²) in [6.45, 7) is 0.480. The first-order valence-corrected chi connectivity index (χ1v) is 6.73. The number of amides is 1. The summed E-state index contributed by atoms with van der Waals surface area (Å²) < 4.78 is 5.40. The van der Waals surface area contributed by atoms with E-state index in [2.05, 4.69) is 10.3 Å². The van der Waals surface area contributed by atoms with Crippen LogP contribution in [0.3, 0.4) is 0 Å². The third kappa shape index (κ3) is 4.32. The van der Waals surface area contributed by atoms with E-state index >= 15 is 0 Å². The lowest BCUT2D eigenvalue weighted by molar-refractivity contribution is -0.120. The van der Waals surface area contributed by atoms with Crippen LogP contribution in [0.5, 0.6) is 0 Å². The monoisotopic (exact) mass is 288 g/mol. The molecule has 21 heavy (non-hydrogen) atoms. The molecule has 0 fully saturated rings. The Bertz CT molecular complexity index is 564. The number of anilines is 1. The van der Waals surface area contributed by atoms with E-state index in [-0.39, 0.29) is 18.4 Å². The molecule has 2 rings (SSSR count). The molecule has 1 unspecified atom stereocenters. The highest BCUT2D eigenvalue weighted by Crippen LogP contribution is 2.17. The van der Waals surface area contributed by atoms with Gasteiger partial charge in [-0.2, -0.15) is 0 Å². The largest absolute Gasteiger partial charge is 0.468 e. The summed E-state index contributed by atoms with van der Waals surface area (Å²) in [4.78, 5) is 18.1. The van der Waals surface area contributed by atoms with Gasteiger partial charge in [-0.15, -0.1) is 0 Å². The maximum atomic E-state index is 12.0. The van der Waals surface area contributed by atoms with Crippen molar-refractivity contribution in [2.24, 2.45) is 0 Å². The Balaban J connectivity index is 1.89. The second kappa shape index (κ2) is 6.90. The molecular weight excluding hydrogens is 268 g/mol. The zero-order chi connectivity index (χ0) is 15.2. The number of nitrogens with one attached hydrogen (secondary N) is 1. The summed E-state index contributed by atoms with van der Waals surface area (Å²) >= 11 is 0. The number of likely N-dealkylation sites (N-methyl/N-ethyl adjacent to an activating group) is 1. The van der Waals surface area contributed by atoms with Crippen molar-refractivity contribution in [3.05, 3.63) is 48.2 Å². The molecule has 1 amide bonds. The molecule has 3 N–H and O–H groups in total. The van der Waals surface area contributed by atoms with Crippen LogP contribution in [0.15, 0.2) is 41.1 Å². The molecule has 0 bridgehead atoms. The van der Waals surface area contributed by atoms with Crippen LogP contribution < -0.4 is 11.1 Å². The first-order valence-electron chi connectivity index (χ1n) is 6.73. The molecule has 0 aliphatic carbocycles. The van der Waals surface area contributed by atoms with E-state index in [1.165, 1.54) is 0 Å². The van der Waals surface area contributed by atoms with Gasteiger partial charge in [-0.05, 0) is 38.4 Å². The maximum absolute atomic E-state index is 12.0. The predicted molar refractivity (Wildman–Crippen MR) is 80.5 cm³/mol. The lowest BCUT2D eigenvalue weighted by Gasteiger charge is -2.22. The molecule has 6 nitrogen and oxygen atoms in total. The van der Waals surface area contributed by atoms with Crippen LogP contribution in [0.4, 0.5) is 5.69 Å². The minimum absolute atomic E-state index is 0.00308. The van der Waals surface area contributed by atoms with Crippen molar-refractivity contribution in [1.82, 2.24) is 15.2 Å². The van der Waals surface area contributed by atoms with Crippen molar-refractivity contribution < 1.29 is 9.21 Å². The molecule has 6 heteroatoms. The van der Waals surface area contributed by atoms with Crippen LogP contribution in [0.1, 0.15) is 17.5 Å². The highest BCUT2D eigenvalue weighted by Gasteiger charge is 2.17. The van der Waals surface area contributed by atoms with Crippen molar-refractivity contribution in [1.29, 1.82) is 0 Å². The Morgan fingerprint density at radius 2 is 2.24 bits per heavy atom. The van der Waals surface area contributed by atoms with Gasteiger partial charge in [-0.1, -0.05) is 0 Å². The summed E-state index contributed by atoms with van der Waals surface area (Å²) in [6, 6.07) is 7.24. The van der Waals surface area contributed by atoms with Crippen LogP contribution in [0.25, 0.3) is 0 Å². The number of carbonyl (C=O) groups excluding carboxylic acids is 1. The fraction of sp³-hybridized carbons (Fsp3) is 0.333. The van der Waals surface area contributed by atoms with Gasteiger partial charge in [0, 0.05) is 12.2 Å². The second-order valence-electron chi connectivity index (χ2n) is 5.06. The molecule has 0 saturated heterocycles. The van der Waals surface area contributed by atoms with Gasteiger partial charge in [0.1, 0.15) is 5.76 Å². The quantitative estimate of drug-likeness (QED) is 0.835. The minimum Gasteiger partial charge on any atom is -0.468 e. The molecule has 0 spiro atoms. The Morgan fingerprint density at radius 3 is 2.81 bits per heavy atom. The smallest absolute Gasteiger partial charge is 0.226 e. The summed E-state index contributed by atoms with van der Waals surface area (Å²) in [5, 5.41) is 2.90. The van der Waals surface area contributed by atoms with Crippen molar-refractivity contribution in [3.63, 3.8) is 0 Å². The topological polar surface area (TPSA) is 84.4 Å². The van der Waals surface area contributed by atoms with E-state index in [1.807, 2.05) is 31.1 Å². The lowest BCUT2D eigenvalue weighted by atomic mass is 10.2. The van der Waals surface area contributed by atoms with Crippen LogP contribution in [0.2, 0.25) is 0 Å². The first-order chi connectivity index (χ1) is 10.1. The number of carbonyl (C=O) groups is 1. The number of nitrogen functional groups attached to an aromatic ring is 1. The van der Waals surface area contributed by atoms with E-state index in [1.54, 1.807) is 24.6 Å². The Kier molecular flexibility index (Phi) is 4.94. The maximum Gasteiger partial charge on any atom is 0.226 e. The Hall–Kier alpha value is -2.34. The number of hydrogen-bond acceptors (Lipinski definition) is 5. The van der Waals surface area contributed by atoms with Gasteiger partial charge in [0.2, 0.25) is 5.91 Å². The number of pyridine rings is 1. The van der Waals surface area contributed by atoms with E-state index in [0.29, 0.717) is 17.9 Å². The molecule has 112 valence electrons. The van der Waals surface area contributed by atoms with Gasteiger partial charge in [0.05, 0.1) is 30.6 Å². The molecule has 2 heterocycles. The summed E-state index contributed by atoms with van der Waals surface area (Å²) in [5.74, 6) is 0.747. The van der Waals surface area contributed by atoms with Crippen molar-refractivity contribution >= 4 is 11.6 Å². The molecule has 1 atom stereocenters. The molecule has 0 radical (unpaired) electrons. The van der Waals surface area contributed by atoms with Gasteiger partial charge in [0.15, 0.2) is 0 Å². The van der Waals surface area contributed by atoms with Gasteiger partial charge < -0.3 is 15.5 Å². The molecule has 0 aliphatic heterocycles. The van der Waals surface area contributed by atoms with Gasteiger partial charge >= 0.3 is 0 Å². The zero-order valence-electron chi connectivity index (χ0n) is 12.2. The second-order valence-corrected chi connectivity index (χ2v) is 5.06. The van der Waals surface area contributed by atoms with Crippen molar-refractivity contribution in [2.45, 2.75) is 12.5 Å². The zero-order valence-corrected chi connectivity index (χ0v) is 12.2. The highest BCUT2D eigenvalue weighted by atomic mass is 16.3. The number of nitrogens with zero attached hydrogens (tertiary/aromatic N) is 2. The lowest BCUT2D eigenvalue weighted by Crippen LogP contribution is -2.35. The minimum atomic E-state index is -0.0781. The number of furan rings is 1. The number of rotatable bonds is 6. The average Bonchev–Trinajstić information content (AvgIpc) is 2.95. The number of hydrogen-bond donors (Lipinski definition) is 2. The third-order valence-corrected chi connectivity index (χ3v) is 3.18. The summed E-state index contributed by atoms with van der Waals surface area (Å²) in [5.41, 5.74) is 6.85. The van der Waals surface area contributed by atoms with Crippen LogP contribution in [-0.4, -0.2) is 36.4 Å². The average molecular weight is 288 g/mol.